The maximum Gasteiger partial charge on any atom is 0.226 e. The quantitative estimate of drug-likeness (QED) is 0.866. The second kappa shape index (κ2) is 6.97. The second-order valence-corrected chi connectivity index (χ2v) is 6.57. The zero-order valence-corrected chi connectivity index (χ0v) is 14.1. The Bertz CT molecular complexity index is 582. The highest BCUT2D eigenvalue weighted by Crippen LogP contribution is 2.23. The summed E-state index contributed by atoms with van der Waals surface area (Å²) in [6.07, 6.45) is 1.72. The number of aromatic nitrogens is 1. The highest BCUT2D eigenvalue weighted by molar-refractivity contribution is 5.54. The summed E-state index contributed by atoms with van der Waals surface area (Å²) >= 11 is 0. The minimum absolute atomic E-state index is 0.224. The van der Waals surface area contributed by atoms with E-state index in [2.05, 4.69) is 38.0 Å². The van der Waals surface area contributed by atoms with Crippen LogP contribution in [0.25, 0.3) is 11.5 Å². The van der Waals surface area contributed by atoms with E-state index in [0.717, 1.165) is 17.0 Å². The van der Waals surface area contributed by atoms with Crippen molar-refractivity contribution in [3.05, 3.63) is 36.2 Å². The molecule has 22 heavy (non-hydrogen) atoms. The number of rotatable bonds is 6. The Morgan fingerprint density at radius 3 is 2.50 bits per heavy atom. The van der Waals surface area contributed by atoms with Crippen LogP contribution < -0.4 is 10.1 Å². The third kappa shape index (κ3) is 4.34. The van der Waals surface area contributed by atoms with Crippen LogP contribution in [0.4, 0.5) is 0 Å². The molecule has 120 valence electrons. The van der Waals surface area contributed by atoms with Crippen molar-refractivity contribution >= 4 is 0 Å². The van der Waals surface area contributed by atoms with Crippen molar-refractivity contribution in [2.24, 2.45) is 5.41 Å². The number of oxazole rings is 1. The van der Waals surface area contributed by atoms with Crippen LogP contribution in [0.5, 0.6) is 5.75 Å². The van der Waals surface area contributed by atoms with Gasteiger partial charge in [0.1, 0.15) is 12.0 Å². The maximum atomic E-state index is 5.58. The Labute approximate surface area is 132 Å². The summed E-state index contributed by atoms with van der Waals surface area (Å²) in [5, 5.41) is 3.49. The fraction of sp³-hybridized carbons (Fsp3) is 0.500. The summed E-state index contributed by atoms with van der Waals surface area (Å²) in [6.45, 7) is 12.2. The zero-order valence-electron chi connectivity index (χ0n) is 14.1. The van der Waals surface area contributed by atoms with Gasteiger partial charge in [0, 0.05) is 18.2 Å². The summed E-state index contributed by atoms with van der Waals surface area (Å²) in [5.74, 6) is 1.50. The lowest BCUT2D eigenvalue weighted by molar-refractivity contribution is 0.284. The third-order valence-corrected chi connectivity index (χ3v) is 3.85. The van der Waals surface area contributed by atoms with Crippen molar-refractivity contribution < 1.29 is 9.15 Å². The van der Waals surface area contributed by atoms with Gasteiger partial charge in [-0.1, -0.05) is 20.8 Å². The molecule has 0 fully saturated rings. The Balaban J connectivity index is 1.99. The molecule has 4 heteroatoms. The van der Waals surface area contributed by atoms with Gasteiger partial charge in [0.15, 0.2) is 0 Å². The summed E-state index contributed by atoms with van der Waals surface area (Å²) in [4.78, 5) is 4.54. The van der Waals surface area contributed by atoms with Gasteiger partial charge in [-0.3, -0.25) is 0 Å². The largest absolute Gasteiger partial charge is 0.494 e. The van der Waals surface area contributed by atoms with Gasteiger partial charge in [-0.15, -0.1) is 0 Å². The van der Waals surface area contributed by atoms with Crippen molar-refractivity contribution in [3.63, 3.8) is 0 Å². The average molecular weight is 302 g/mol. The van der Waals surface area contributed by atoms with Gasteiger partial charge >= 0.3 is 0 Å². The summed E-state index contributed by atoms with van der Waals surface area (Å²) in [6, 6.07) is 8.20. The van der Waals surface area contributed by atoms with Gasteiger partial charge < -0.3 is 14.5 Å². The topological polar surface area (TPSA) is 47.3 Å². The van der Waals surface area contributed by atoms with E-state index in [-0.39, 0.29) is 5.41 Å². The second-order valence-electron chi connectivity index (χ2n) is 6.57. The minimum atomic E-state index is 0.224. The number of hydrogen-bond donors (Lipinski definition) is 1. The van der Waals surface area contributed by atoms with Crippen LogP contribution in [0.15, 0.2) is 34.9 Å². The smallest absolute Gasteiger partial charge is 0.226 e. The van der Waals surface area contributed by atoms with Crippen molar-refractivity contribution in [1.29, 1.82) is 0 Å². The van der Waals surface area contributed by atoms with E-state index in [9.17, 15) is 0 Å². The van der Waals surface area contributed by atoms with Crippen LogP contribution >= 0.6 is 0 Å². The van der Waals surface area contributed by atoms with Crippen LogP contribution in [0.2, 0.25) is 0 Å². The fourth-order valence-electron chi connectivity index (χ4n) is 1.95. The molecule has 0 bridgehead atoms. The van der Waals surface area contributed by atoms with Crippen LogP contribution in [0.1, 0.15) is 40.3 Å². The lowest BCUT2D eigenvalue weighted by Crippen LogP contribution is -2.37. The van der Waals surface area contributed by atoms with Crippen molar-refractivity contribution in [1.82, 2.24) is 10.3 Å². The van der Waals surface area contributed by atoms with Crippen LogP contribution in [0, 0.1) is 5.41 Å². The molecule has 1 aromatic carbocycles. The first kappa shape index (κ1) is 16.6. The van der Waals surface area contributed by atoms with Crippen molar-refractivity contribution in [2.75, 3.05) is 6.61 Å². The molecule has 1 N–H and O–H groups in total. The number of ether oxygens (including phenoxy) is 1. The fourth-order valence-corrected chi connectivity index (χ4v) is 1.95. The van der Waals surface area contributed by atoms with Crippen LogP contribution in [-0.4, -0.2) is 17.6 Å². The Morgan fingerprint density at radius 2 is 1.91 bits per heavy atom. The first-order valence-electron chi connectivity index (χ1n) is 7.81. The minimum Gasteiger partial charge on any atom is -0.494 e. The van der Waals surface area contributed by atoms with Crippen molar-refractivity contribution in [3.8, 4) is 17.2 Å². The summed E-state index contributed by atoms with van der Waals surface area (Å²) in [7, 11) is 0. The maximum absolute atomic E-state index is 5.58. The molecule has 0 saturated carbocycles. The molecule has 1 unspecified atom stereocenters. The monoisotopic (exact) mass is 302 g/mol. The van der Waals surface area contributed by atoms with Gasteiger partial charge in [-0.25, -0.2) is 4.98 Å². The summed E-state index contributed by atoms with van der Waals surface area (Å²) in [5.41, 5.74) is 2.10. The number of nitrogens with zero attached hydrogens (tertiary/aromatic N) is 1. The molecule has 0 aliphatic carbocycles. The molecule has 2 aromatic rings. The normalized spacial score (nSPS) is 13.1. The highest BCUT2D eigenvalue weighted by atomic mass is 16.5. The highest BCUT2D eigenvalue weighted by Gasteiger charge is 2.19. The van der Waals surface area contributed by atoms with Gasteiger partial charge in [0.05, 0.1) is 12.3 Å². The SMILES string of the molecule is CCOc1ccc(-c2nc(CNC(C)C(C)(C)C)co2)cc1. The zero-order chi connectivity index (χ0) is 16.2. The van der Waals surface area contributed by atoms with E-state index in [1.807, 2.05) is 31.2 Å². The lowest BCUT2D eigenvalue weighted by Gasteiger charge is -2.27. The molecule has 0 aliphatic heterocycles. The van der Waals surface area contributed by atoms with E-state index >= 15 is 0 Å². The average Bonchev–Trinajstić information content (AvgIpc) is 2.94. The first-order valence-corrected chi connectivity index (χ1v) is 7.81. The van der Waals surface area contributed by atoms with E-state index in [1.54, 1.807) is 6.26 Å². The van der Waals surface area contributed by atoms with E-state index in [0.29, 0.717) is 25.1 Å². The molecule has 1 atom stereocenters. The standard InChI is InChI=1S/C18H26N2O2/c1-6-21-16-9-7-14(8-10-16)17-20-15(12-22-17)11-19-13(2)18(3,4)5/h7-10,12-13,19H,6,11H2,1-5H3. The Hall–Kier alpha value is -1.81. The number of nitrogens with one attached hydrogen (secondary N) is 1. The van der Waals surface area contributed by atoms with Crippen LogP contribution in [-0.2, 0) is 6.54 Å². The van der Waals surface area contributed by atoms with E-state index < -0.39 is 0 Å². The molecule has 1 aromatic heterocycles. The predicted molar refractivity (Wildman–Crippen MR) is 88.9 cm³/mol. The third-order valence-electron chi connectivity index (χ3n) is 3.85. The summed E-state index contributed by atoms with van der Waals surface area (Å²) < 4.78 is 11.0. The number of hydrogen-bond acceptors (Lipinski definition) is 4. The van der Waals surface area contributed by atoms with Gasteiger partial charge in [0.2, 0.25) is 5.89 Å². The molecular weight excluding hydrogens is 276 g/mol. The van der Waals surface area contributed by atoms with Gasteiger partial charge in [0.25, 0.3) is 0 Å². The Morgan fingerprint density at radius 1 is 1.23 bits per heavy atom. The van der Waals surface area contributed by atoms with Gasteiger partial charge in [-0.2, -0.15) is 0 Å². The van der Waals surface area contributed by atoms with Crippen molar-refractivity contribution in [2.45, 2.75) is 47.2 Å². The molecule has 0 amide bonds. The predicted octanol–water partition coefficient (Wildman–Crippen LogP) is 4.26. The van der Waals surface area contributed by atoms with Crippen LogP contribution in [0.3, 0.4) is 0 Å². The van der Waals surface area contributed by atoms with E-state index in [4.69, 9.17) is 9.15 Å². The lowest BCUT2D eigenvalue weighted by atomic mass is 9.88. The Kier molecular flexibility index (Phi) is 5.24. The molecule has 0 saturated heterocycles. The van der Waals surface area contributed by atoms with Gasteiger partial charge in [-0.05, 0) is 43.5 Å². The molecule has 0 radical (unpaired) electrons. The first-order chi connectivity index (χ1) is 10.4. The molecule has 0 spiro atoms. The molecule has 1 heterocycles. The molecule has 4 nitrogen and oxygen atoms in total. The van der Waals surface area contributed by atoms with E-state index in [1.165, 1.54) is 0 Å². The number of benzene rings is 1. The molecule has 0 aliphatic rings. The molecule has 2 rings (SSSR count). The molecular formula is C18H26N2O2.